The highest BCUT2D eigenvalue weighted by atomic mass is 32.2. The summed E-state index contributed by atoms with van der Waals surface area (Å²) in [7, 11) is -2.31. The molecule has 0 aromatic heterocycles. The first-order valence-corrected chi connectivity index (χ1v) is 10.7. The molecule has 1 amide bonds. The number of rotatable bonds is 7. The minimum Gasteiger partial charge on any atom is -0.495 e. The number of ether oxygens (including phenoxy) is 2. The molecule has 1 aliphatic heterocycles. The van der Waals surface area contributed by atoms with E-state index in [1.807, 2.05) is 31.2 Å². The first-order chi connectivity index (χ1) is 13.9. The molecule has 2 aromatic rings. The third-order valence-electron chi connectivity index (χ3n) is 4.62. The number of methoxy groups -OCH3 is 1. The molecular formula is C20H25N3O5S. The Labute approximate surface area is 170 Å². The monoisotopic (exact) mass is 419 g/mol. The van der Waals surface area contributed by atoms with Gasteiger partial charge in [0, 0.05) is 24.5 Å². The maximum Gasteiger partial charge on any atom is 0.246 e. The number of anilines is 2. The van der Waals surface area contributed by atoms with Gasteiger partial charge in [-0.25, -0.2) is 8.42 Å². The van der Waals surface area contributed by atoms with E-state index in [9.17, 15) is 13.2 Å². The zero-order valence-corrected chi connectivity index (χ0v) is 17.3. The molecule has 1 heterocycles. The second-order valence-electron chi connectivity index (χ2n) is 6.60. The number of carbonyl (C=O) groups excluding carboxylic acids is 1. The summed E-state index contributed by atoms with van der Waals surface area (Å²) in [6, 6.07) is 12.2. The van der Waals surface area contributed by atoms with Crippen molar-refractivity contribution in [2.75, 3.05) is 50.6 Å². The van der Waals surface area contributed by atoms with Crippen LogP contribution in [0.15, 0.2) is 47.4 Å². The van der Waals surface area contributed by atoms with Gasteiger partial charge in [0.25, 0.3) is 0 Å². The number of nitrogens with zero attached hydrogens (tertiary/aromatic N) is 1. The first kappa shape index (κ1) is 21.1. The predicted molar refractivity (Wildman–Crippen MR) is 111 cm³/mol. The molecule has 9 heteroatoms. The van der Waals surface area contributed by atoms with Crippen LogP contribution in [0.25, 0.3) is 0 Å². The summed E-state index contributed by atoms with van der Waals surface area (Å²) in [5, 5.41) is 5.81. The molecule has 0 saturated carbocycles. The quantitative estimate of drug-likeness (QED) is 0.713. The van der Waals surface area contributed by atoms with Crippen LogP contribution in [0.4, 0.5) is 11.4 Å². The van der Waals surface area contributed by atoms with Crippen LogP contribution >= 0.6 is 0 Å². The lowest BCUT2D eigenvalue weighted by Crippen LogP contribution is -2.40. The van der Waals surface area contributed by atoms with Crippen molar-refractivity contribution in [2.24, 2.45) is 0 Å². The average molecular weight is 420 g/mol. The summed E-state index contributed by atoms with van der Waals surface area (Å²) in [4.78, 5) is 12.3. The lowest BCUT2D eigenvalue weighted by atomic mass is 10.2. The molecule has 1 aliphatic rings. The maximum absolute atomic E-state index is 13.0. The number of carbonyl (C=O) groups is 1. The molecule has 2 N–H and O–H groups in total. The fraction of sp³-hybridized carbons (Fsp3) is 0.350. The Morgan fingerprint density at radius 1 is 1.17 bits per heavy atom. The molecule has 1 fully saturated rings. The SMILES string of the molecule is COc1ccc(NCC(=O)Nc2ccccc2C)cc1S(=O)(=O)N1CCOCC1. The number of hydrogen-bond donors (Lipinski definition) is 2. The molecule has 1 saturated heterocycles. The van der Waals surface area contributed by atoms with Crippen LogP contribution in [0.2, 0.25) is 0 Å². The summed E-state index contributed by atoms with van der Waals surface area (Å²) in [5.74, 6) is 0.0270. The van der Waals surface area contributed by atoms with E-state index < -0.39 is 10.0 Å². The minimum absolute atomic E-state index is 0.00228. The number of morpholine rings is 1. The molecule has 0 aliphatic carbocycles. The molecule has 0 spiro atoms. The van der Waals surface area contributed by atoms with Crippen LogP contribution in [0.5, 0.6) is 5.75 Å². The number of para-hydroxylation sites is 1. The van der Waals surface area contributed by atoms with E-state index in [4.69, 9.17) is 9.47 Å². The van der Waals surface area contributed by atoms with Crippen molar-refractivity contribution in [1.29, 1.82) is 0 Å². The molecule has 0 radical (unpaired) electrons. The second kappa shape index (κ2) is 9.25. The number of benzene rings is 2. The maximum atomic E-state index is 13.0. The topological polar surface area (TPSA) is 97.0 Å². The van der Waals surface area contributed by atoms with Gasteiger partial charge in [-0.2, -0.15) is 4.31 Å². The molecule has 156 valence electrons. The van der Waals surface area contributed by atoms with Gasteiger partial charge >= 0.3 is 0 Å². The average Bonchev–Trinajstić information content (AvgIpc) is 2.74. The van der Waals surface area contributed by atoms with Crippen LogP contribution in [-0.4, -0.2) is 58.6 Å². The highest BCUT2D eigenvalue weighted by molar-refractivity contribution is 7.89. The number of amides is 1. The Morgan fingerprint density at radius 2 is 1.90 bits per heavy atom. The predicted octanol–water partition coefficient (Wildman–Crippen LogP) is 2.08. The zero-order valence-electron chi connectivity index (χ0n) is 16.5. The third kappa shape index (κ3) is 5.06. The summed E-state index contributed by atoms with van der Waals surface area (Å²) in [6.45, 7) is 3.22. The fourth-order valence-electron chi connectivity index (χ4n) is 3.00. The van der Waals surface area contributed by atoms with Crippen molar-refractivity contribution in [3.05, 3.63) is 48.0 Å². The van der Waals surface area contributed by atoms with E-state index in [-0.39, 0.29) is 23.1 Å². The molecular weight excluding hydrogens is 394 g/mol. The van der Waals surface area contributed by atoms with Crippen LogP contribution in [-0.2, 0) is 19.6 Å². The second-order valence-corrected chi connectivity index (χ2v) is 8.51. The van der Waals surface area contributed by atoms with Crippen molar-refractivity contribution in [1.82, 2.24) is 4.31 Å². The molecule has 8 nitrogen and oxygen atoms in total. The van der Waals surface area contributed by atoms with E-state index in [1.54, 1.807) is 12.1 Å². The normalized spacial score (nSPS) is 15.0. The van der Waals surface area contributed by atoms with Gasteiger partial charge in [-0.3, -0.25) is 4.79 Å². The first-order valence-electron chi connectivity index (χ1n) is 9.27. The van der Waals surface area contributed by atoms with Gasteiger partial charge in [0.1, 0.15) is 10.6 Å². The summed E-state index contributed by atoms with van der Waals surface area (Å²) < 4.78 is 37.9. The Hall–Kier alpha value is -2.62. The number of sulfonamides is 1. The van der Waals surface area contributed by atoms with Crippen LogP contribution in [0.1, 0.15) is 5.56 Å². The fourth-order valence-corrected chi connectivity index (χ4v) is 4.59. The number of aryl methyl sites for hydroxylation is 1. The molecule has 0 atom stereocenters. The van der Waals surface area contributed by atoms with Crippen LogP contribution in [0.3, 0.4) is 0 Å². The van der Waals surface area contributed by atoms with E-state index in [2.05, 4.69) is 10.6 Å². The van der Waals surface area contributed by atoms with E-state index in [0.29, 0.717) is 32.0 Å². The van der Waals surface area contributed by atoms with Gasteiger partial charge < -0.3 is 20.1 Å². The third-order valence-corrected chi connectivity index (χ3v) is 6.54. The Kier molecular flexibility index (Phi) is 6.73. The Bertz CT molecular complexity index is 972. The lowest BCUT2D eigenvalue weighted by molar-refractivity contribution is -0.114. The van der Waals surface area contributed by atoms with Crippen molar-refractivity contribution >= 4 is 27.3 Å². The summed E-state index contributed by atoms with van der Waals surface area (Å²) in [6.07, 6.45) is 0. The van der Waals surface area contributed by atoms with Gasteiger partial charge in [0.05, 0.1) is 26.9 Å². The van der Waals surface area contributed by atoms with Crippen molar-refractivity contribution < 1.29 is 22.7 Å². The van der Waals surface area contributed by atoms with Crippen molar-refractivity contribution in [3.63, 3.8) is 0 Å². The van der Waals surface area contributed by atoms with Crippen molar-refractivity contribution in [3.8, 4) is 5.75 Å². The summed E-state index contributed by atoms with van der Waals surface area (Å²) in [5.41, 5.74) is 2.21. The standard InChI is InChI=1S/C20H25N3O5S/c1-15-5-3-4-6-17(15)22-20(24)14-21-16-7-8-18(27-2)19(13-16)29(25,26)23-9-11-28-12-10-23/h3-8,13,21H,9-12,14H2,1-2H3,(H,22,24). The molecule has 0 bridgehead atoms. The Balaban J connectivity index is 1.73. The van der Waals surface area contributed by atoms with E-state index in [1.165, 1.54) is 17.5 Å². The van der Waals surface area contributed by atoms with Gasteiger partial charge in [0.15, 0.2) is 0 Å². The number of hydrogen-bond acceptors (Lipinski definition) is 6. The minimum atomic E-state index is -3.73. The lowest BCUT2D eigenvalue weighted by Gasteiger charge is -2.26. The van der Waals surface area contributed by atoms with Gasteiger partial charge in [-0.1, -0.05) is 18.2 Å². The number of nitrogens with one attached hydrogen (secondary N) is 2. The molecule has 2 aromatic carbocycles. The van der Waals surface area contributed by atoms with Crippen molar-refractivity contribution in [2.45, 2.75) is 11.8 Å². The van der Waals surface area contributed by atoms with Crippen LogP contribution < -0.4 is 15.4 Å². The molecule has 0 unspecified atom stereocenters. The van der Waals surface area contributed by atoms with E-state index in [0.717, 1.165) is 11.3 Å². The molecule has 29 heavy (non-hydrogen) atoms. The largest absolute Gasteiger partial charge is 0.495 e. The smallest absolute Gasteiger partial charge is 0.246 e. The highest BCUT2D eigenvalue weighted by Crippen LogP contribution is 2.30. The van der Waals surface area contributed by atoms with Crippen LogP contribution in [0, 0.1) is 6.92 Å². The highest BCUT2D eigenvalue weighted by Gasteiger charge is 2.29. The van der Waals surface area contributed by atoms with Gasteiger partial charge in [-0.05, 0) is 36.8 Å². The summed E-state index contributed by atoms with van der Waals surface area (Å²) >= 11 is 0. The van der Waals surface area contributed by atoms with Gasteiger partial charge in [-0.15, -0.1) is 0 Å². The van der Waals surface area contributed by atoms with E-state index >= 15 is 0 Å². The zero-order chi connectivity index (χ0) is 20.9. The van der Waals surface area contributed by atoms with Gasteiger partial charge in [0.2, 0.25) is 15.9 Å². The molecule has 3 rings (SSSR count). The Morgan fingerprint density at radius 3 is 2.59 bits per heavy atom.